The summed E-state index contributed by atoms with van der Waals surface area (Å²) in [4.78, 5) is 16.2. The van der Waals surface area contributed by atoms with Gasteiger partial charge in [0.2, 0.25) is 0 Å². The second-order valence-electron chi connectivity index (χ2n) is 11.6. The highest BCUT2D eigenvalue weighted by Gasteiger charge is 2.27. The number of ether oxygens (including phenoxy) is 1. The van der Waals surface area contributed by atoms with E-state index in [-0.39, 0.29) is 5.91 Å². The summed E-state index contributed by atoms with van der Waals surface area (Å²) in [5.74, 6) is 1.60. The highest BCUT2D eigenvalue weighted by molar-refractivity contribution is 6.08. The molecule has 7 rings (SSSR count). The number of carbonyl (C=O) groups excluding carboxylic acids is 1. The molecule has 1 aromatic heterocycles. The molecular weight excluding hydrogens is 496 g/mol. The Bertz CT molecular complexity index is 1500. The van der Waals surface area contributed by atoms with Gasteiger partial charge in [-0.1, -0.05) is 42.5 Å². The van der Waals surface area contributed by atoms with Crippen molar-refractivity contribution in [3.8, 4) is 5.75 Å². The molecule has 2 N–H and O–H groups in total. The number of rotatable bonds is 8. The van der Waals surface area contributed by atoms with Gasteiger partial charge in [-0.2, -0.15) is 0 Å². The predicted octanol–water partition coefficient (Wildman–Crippen LogP) is 6.39. The molecule has 0 unspecified atom stereocenters. The number of amides is 1. The van der Waals surface area contributed by atoms with E-state index >= 15 is 0 Å². The fraction of sp³-hybridized carbons (Fsp3) is 0.382. The first-order valence-corrected chi connectivity index (χ1v) is 14.9. The molecule has 1 aliphatic carbocycles. The maximum absolute atomic E-state index is 13.8. The molecule has 0 radical (unpaired) electrons. The number of hydrogen-bond acceptors (Lipinski definition) is 4. The number of anilines is 2. The number of fused-ring (bicyclic) bond motifs is 2. The van der Waals surface area contributed by atoms with Gasteiger partial charge in [-0.3, -0.25) is 4.79 Å². The van der Waals surface area contributed by atoms with Crippen molar-refractivity contribution in [2.45, 2.75) is 57.7 Å². The highest BCUT2D eigenvalue weighted by Crippen LogP contribution is 2.37. The van der Waals surface area contributed by atoms with Crippen molar-refractivity contribution in [2.24, 2.45) is 5.92 Å². The quantitative estimate of drug-likeness (QED) is 0.275. The molecule has 40 heavy (non-hydrogen) atoms. The van der Waals surface area contributed by atoms with Gasteiger partial charge in [0, 0.05) is 30.5 Å². The van der Waals surface area contributed by atoms with Gasteiger partial charge in [0.15, 0.2) is 0 Å². The molecule has 0 atom stereocenters. The summed E-state index contributed by atoms with van der Waals surface area (Å²) in [6.45, 7) is 4.73. The second-order valence-corrected chi connectivity index (χ2v) is 11.6. The normalized spacial score (nSPS) is 17.6. The summed E-state index contributed by atoms with van der Waals surface area (Å²) in [7, 11) is 0. The molecule has 0 spiro atoms. The first kappa shape index (κ1) is 25.2. The van der Waals surface area contributed by atoms with Crippen LogP contribution in [-0.2, 0) is 19.5 Å². The van der Waals surface area contributed by atoms with E-state index in [9.17, 15) is 4.79 Å². The van der Waals surface area contributed by atoms with Crippen LogP contribution >= 0.6 is 0 Å². The van der Waals surface area contributed by atoms with Gasteiger partial charge in [-0.15, -0.1) is 0 Å². The number of hydrogen-bond donors (Lipinski definition) is 2. The van der Waals surface area contributed by atoms with Crippen molar-refractivity contribution >= 4 is 28.2 Å². The van der Waals surface area contributed by atoms with Crippen LogP contribution < -0.4 is 20.3 Å². The molecule has 2 aliphatic heterocycles. The van der Waals surface area contributed by atoms with Gasteiger partial charge >= 0.3 is 0 Å². The summed E-state index contributed by atoms with van der Waals surface area (Å²) in [6, 6.07) is 25.3. The number of aryl methyl sites for hydroxylation is 1. The van der Waals surface area contributed by atoms with Crippen LogP contribution in [0.15, 0.2) is 72.8 Å². The summed E-state index contributed by atoms with van der Waals surface area (Å²) in [5.41, 5.74) is 6.49. The number of carbonyl (C=O) groups is 1. The second kappa shape index (κ2) is 11.0. The lowest BCUT2D eigenvalue weighted by molar-refractivity contribution is 0.101. The van der Waals surface area contributed by atoms with Gasteiger partial charge in [0.05, 0.1) is 11.4 Å². The molecule has 3 aromatic carbocycles. The van der Waals surface area contributed by atoms with Crippen LogP contribution in [0.25, 0.3) is 10.9 Å². The first-order chi connectivity index (χ1) is 19.7. The van der Waals surface area contributed by atoms with Gasteiger partial charge in [0.1, 0.15) is 17.5 Å². The Hall–Kier alpha value is -3.77. The SMILES string of the molecule is O=C(Nc1cccc2c1N(Cc1ccc(OC3CCNCC3)cc1)CCC2)c1cc2ccccc2n1CC1CC1. The Morgan fingerprint density at radius 3 is 2.60 bits per heavy atom. The summed E-state index contributed by atoms with van der Waals surface area (Å²) in [6.07, 6.45) is 7.05. The Labute approximate surface area is 236 Å². The molecule has 6 nitrogen and oxygen atoms in total. The Morgan fingerprint density at radius 1 is 0.950 bits per heavy atom. The van der Waals surface area contributed by atoms with Crippen LogP contribution in [0.4, 0.5) is 11.4 Å². The molecule has 1 amide bonds. The van der Waals surface area contributed by atoms with Crippen molar-refractivity contribution in [1.82, 2.24) is 9.88 Å². The van der Waals surface area contributed by atoms with E-state index in [0.717, 1.165) is 92.1 Å². The molecule has 6 heteroatoms. The molecule has 1 saturated heterocycles. The Morgan fingerprint density at radius 2 is 1.77 bits per heavy atom. The van der Waals surface area contributed by atoms with Gasteiger partial charge in [-0.05, 0) is 99.0 Å². The molecule has 2 fully saturated rings. The molecular formula is C34H38N4O2. The Balaban J connectivity index is 1.11. The number of piperidine rings is 1. The van der Waals surface area contributed by atoms with Crippen LogP contribution in [0.1, 0.15) is 53.7 Å². The zero-order valence-corrected chi connectivity index (χ0v) is 23.1. The van der Waals surface area contributed by atoms with E-state index in [1.54, 1.807) is 0 Å². The van der Waals surface area contributed by atoms with Crippen molar-refractivity contribution in [3.05, 3.63) is 89.6 Å². The summed E-state index contributed by atoms with van der Waals surface area (Å²) >= 11 is 0. The fourth-order valence-corrected chi connectivity index (χ4v) is 6.34. The zero-order valence-electron chi connectivity index (χ0n) is 23.1. The van der Waals surface area contributed by atoms with Crippen LogP contribution in [0.5, 0.6) is 5.75 Å². The monoisotopic (exact) mass is 534 g/mol. The van der Waals surface area contributed by atoms with Crippen LogP contribution in [0.3, 0.4) is 0 Å². The highest BCUT2D eigenvalue weighted by atomic mass is 16.5. The number of para-hydroxylation sites is 2. The third-order valence-corrected chi connectivity index (χ3v) is 8.62. The minimum absolute atomic E-state index is 0.0322. The van der Waals surface area contributed by atoms with Gasteiger partial charge < -0.3 is 24.8 Å². The third kappa shape index (κ3) is 5.33. The maximum Gasteiger partial charge on any atom is 0.272 e. The predicted molar refractivity (Wildman–Crippen MR) is 161 cm³/mol. The number of nitrogens with one attached hydrogen (secondary N) is 2. The lowest BCUT2D eigenvalue weighted by atomic mass is 9.99. The van der Waals surface area contributed by atoms with E-state index < -0.39 is 0 Å². The van der Waals surface area contributed by atoms with E-state index in [0.29, 0.717) is 12.0 Å². The molecule has 3 aliphatic rings. The lowest BCUT2D eigenvalue weighted by Gasteiger charge is -2.33. The number of aromatic nitrogens is 1. The van der Waals surface area contributed by atoms with Crippen molar-refractivity contribution in [2.75, 3.05) is 29.9 Å². The first-order valence-electron chi connectivity index (χ1n) is 14.9. The molecule has 4 aromatic rings. The van der Waals surface area contributed by atoms with E-state index in [1.807, 2.05) is 12.1 Å². The maximum atomic E-state index is 13.8. The fourth-order valence-electron chi connectivity index (χ4n) is 6.34. The molecule has 0 bridgehead atoms. The Kier molecular flexibility index (Phi) is 6.94. The van der Waals surface area contributed by atoms with E-state index in [2.05, 4.69) is 80.8 Å². The number of nitrogens with zero attached hydrogens (tertiary/aromatic N) is 2. The van der Waals surface area contributed by atoms with Crippen LogP contribution in [-0.4, -0.2) is 36.2 Å². The summed E-state index contributed by atoms with van der Waals surface area (Å²) < 4.78 is 8.44. The zero-order chi connectivity index (χ0) is 26.9. The average molecular weight is 535 g/mol. The largest absolute Gasteiger partial charge is 0.490 e. The summed E-state index contributed by atoms with van der Waals surface area (Å²) in [5, 5.41) is 7.84. The standard InChI is InChI=1S/C34H38N4O2/c39-34(32-21-27-5-1-2-9-31(27)38(32)23-25-10-11-25)36-30-8-3-6-26-7-4-20-37(33(26)30)22-24-12-14-28(15-13-24)40-29-16-18-35-19-17-29/h1-3,5-6,8-9,12-15,21,25,29,35H,4,7,10-11,16-20,22-23H2,(H,36,39). The van der Waals surface area contributed by atoms with Gasteiger partial charge in [0.25, 0.3) is 5.91 Å². The van der Waals surface area contributed by atoms with Gasteiger partial charge in [-0.25, -0.2) is 0 Å². The van der Waals surface area contributed by atoms with E-state index in [1.165, 1.54) is 24.0 Å². The van der Waals surface area contributed by atoms with Crippen molar-refractivity contribution in [3.63, 3.8) is 0 Å². The topological polar surface area (TPSA) is 58.5 Å². The van der Waals surface area contributed by atoms with Crippen LogP contribution in [0, 0.1) is 5.92 Å². The minimum Gasteiger partial charge on any atom is -0.490 e. The third-order valence-electron chi connectivity index (χ3n) is 8.62. The minimum atomic E-state index is -0.0322. The number of benzene rings is 3. The molecule has 206 valence electrons. The van der Waals surface area contributed by atoms with Crippen molar-refractivity contribution in [1.29, 1.82) is 0 Å². The van der Waals surface area contributed by atoms with Crippen molar-refractivity contribution < 1.29 is 9.53 Å². The van der Waals surface area contributed by atoms with E-state index in [4.69, 9.17) is 4.74 Å². The van der Waals surface area contributed by atoms with Crippen LogP contribution in [0.2, 0.25) is 0 Å². The smallest absolute Gasteiger partial charge is 0.272 e. The lowest BCUT2D eigenvalue weighted by Crippen LogP contribution is -2.34. The molecule has 3 heterocycles. The molecule has 1 saturated carbocycles. The average Bonchev–Trinajstić information content (AvgIpc) is 3.74.